The van der Waals surface area contributed by atoms with Crippen molar-refractivity contribution in [2.45, 2.75) is 26.4 Å². The monoisotopic (exact) mass is 291 g/mol. The van der Waals surface area contributed by atoms with Gasteiger partial charge >= 0.3 is 0 Å². The first-order chi connectivity index (χ1) is 9.74. The van der Waals surface area contributed by atoms with Crippen LogP contribution in [0.5, 0.6) is 0 Å². The van der Waals surface area contributed by atoms with E-state index in [0.717, 1.165) is 18.7 Å². The van der Waals surface area contributed by atoms with Crippen molar-refractivity contribution in [1.29, 1.82) is 0 Å². The minimum absolute atomic E-state index is 0.0355. The molecule has 5 nitrogen and oxygen atoms in total. The average Bonchev–Trinajstić information content (AvgIpc) is 2.35. The molecule has 1 amide bonds. The van der Waals surface area contributed by atoms with Gasteiger partial charge in [0.2, 0.25) is 0 Å². The average molecular weight is 291 g/mol. The van der Waals surface area contributed by atoms with E-state index in [9.17, 15) is 9.90 Å². The molecule has 1 aromatic rings. The number of anilines is 1. The molecular formula is C16H25N3O2. The van der Waals surface area contributed by atoms with E-state index in [1.165, 1.54) is 0 Å². The maximum atomic E-state index is 12.5. The van der Waals surface area contributed by atoms with Gasteiger partial charge in [-0.25, -0.2) is 0 Å². The molecule has 0 aliphatic carbocycles. The summed E-state index contributed by atoms with van der Waals surface area (Å²) < 4.78 is 0. The van der Waals surface area contributed by atoms with E-state index in [1.54, 1.807) is 19.9 Å². The van der Waals surface area contributed by atoms with Crippen LogP contribution in [-0.4, -0.2) is 59.1 Å². The lowest BCUT2D eigenvalue weighted by Gasteiger charge is -2.37. The van der Waals surface area contributed by atoms with E-state index in [4.69, 9.17) is 5.73 Å². The third-order valence-corrected chi connectivity index (χ3v) is 3.62. The zero-order valence-electron chi connectivity index (χ0n) is 13.1. The van der Waals surface area contributed by atoms with Crippen LogP contribution in [-0.2, 0) is 0 Å². The molecule has 1 aliphatic rings. The van der Waals surface area contributed by atoms with Gasteiger partial charge in [0.05, 0.1) is 5.60 Å². The third-order valence-electron chi connectivity index (χ3n) is 3.62. The van der Waals surface area contributed by atoms with Gasteiger partial charge in [0.15, 0.2) is 0 Å². The van der Waals surface area contributed by atoms with Crippen LogP contribution in [0.1, 0.15) is 29.8 Å². The molecule has 0 saturated carbocycles. The van der Waals surface area contributed by atoms with Crippen LogP contribution in [0.15, 0.2) is 18.2 Å². The maximum Gasteiger partial charge on any atom is 0.254 e. The number of benzene rings is 1. The van der Waals surface area contributed by atoms with Gasteiger partial charge in [-0.15, -0.1) is 0 Å². The van der Waals surface area contributed by atoms with Crippen LogP contribution < -0.4 is 5.73 Å². The molecule has 3 N–H and O–H groups in total. The molecular weight excluding hydrogens is 266 g/mol. The Morgan fingerprint density at radius 2 is 1.86 bits per heavy atom. The summed E-state index contributed by atoms with van der Waals surface area (Å²) in [6.45, 7) is 9.13. The van der Waals surface area contributed by atoms with Crippen molar-refractivity contribution < 1.29 is 9.90 Å². The number of piperazine rings is 1. The first kappa shape index (κ1) is 15.8. The first-order valence-electron chi connectivity index (χ1n) is 7.36. The normalized spacial score (nSPS) is 17.0. The van der Waals surface area contributed by atoms with E-state index in [1.807, 2.05) is 24.0 Å². The highest BCUT2D eigenvalue weighted by molar-refractivity contribution is 5.95. The van der Waals surface area contributed by atoms with Crippen molar-refractivity contribution in [1.82, 2.24) is 9.80 Å². The van der Waals surface area contributed by atoms with Gasteiger partial charge in [-0.1, -0.05) is 0 Å². The molecule has 0 aromatic heterocycles. The number of nitrogens with two attached hydrogens (primary N) is 1. The zero-order chi connectivity index (χ0) is 15.6. The van der Waals surface area contributed by atoms with Crippen LogP contribution in [0.4, 0.5) is 5.69 Å². The molecule has 1 fully saturated rings. The molecule has 1 heterocycles. The highest BCUT2D eigenvalue weighted by Crippen LogP contribution is 2.15. The highest BCUT2D eigenvalue weighted by atomic mass is 16.3. The number of aliphatic hydroxyl groups is 1. The second-order valence-electron chi connectivity index (χ2n) is 6.51. The molecule has 21 heavy (non-hydrogen) atoms. The first-order valence-corrected chi connectivity index (χ1v) is 7.36. The number of carbonyl (C=O) groups excluding carboxylic acids is 1. The summed E-state index contributed by atoms with van der Waals surface area (Å²) in [5.41, 5.74) is 7.39. The zero-order valence-corrected chi connectivity index (χ0v) is 13.1. The standard InChI is InChI=1S/C16H25N3O2/c1-12-8-13(10-14(17)9-12)15(20)19-6-4-18(5-7-19)11-16(2,3)21/h8-10,21H,4-7,11,17H2,1-3H3. The van der Waals surface area contributed by atoms with E-state index in [2.05, 4.69) is 4.90 Å². The lowest BCUT2D eigenvalue weighted by molar-refractivity contribution is 0.0178. The Hall–Kier alpha value is -1.59. The molecule has 0 unspecified atom stereocenters. The van der Waals surface area contributed by atoms with Gasteiger partial charge in [0, 0.05) is 44.0 Å². The summed E-state index contributed by atoms with van der Waals surface area (Å²) in [7, 11) is 0. The second-order valence-corrected chi connectivity index (χ2v) is 6.51. The number of nitrogen functional groups attached to an aromatic ring is 1. The molecule has 5 heteroatoms. The van der Waals surface area contributed by atoms with E-state index >= 15 is 0 Å². The fourth-order valence-corrected chi connectivity index (χ4v) is 2.78. The Morgan fingerprint density at radius 3 is 2.38 bits per heavy atom. The van der Waals surface area contributed by atoms with Crippen molar-refractivity contribution in [3.8, 4) is 0 Å². The van der Waals surface area contributed by atoms with Crippen molar-refractivity contribution in [3.63, 3.8) is 0 Å². The van der Waals surface area contributed by atoms with Gasteiger partial charge in [-0.2, -0.15) is 0 Å². The number of rotatable bonds is 3. The van der Waals surface area contributed by atoms with Crippen molar-refractivity contribution >= 4 is 11.6 Å². The Bertz CT molecular complexity index is 494. The van der Waals surface area contributed by atoms with Crippen LogP contribution >= 0.6 is 0 Å². The fourth-order valence-electron chi connectivity index (χ4n) is 2.78. The van der Waals surface area contributed by atoms with Gasteiger partial charge in [0.1, 0.15) is 0 Å². The summed E-state index contributed by atoms with van der Waals surface area (Å²) in [6, 6.07) is 5.47. The van der Waals surface area contributed by atoms with Crippen molar-refractivity contribution in [2.24, 2.45) is 0 Å². The Balaban J connectivity index is 1.97. The summed E-state index contributed by atoms with van der Waals surface area (Å²) in [5, 5.41) is 9.85. The predicted molar refractivity (Wildman–Crippen MR) is 84.2 cm³/mol. The molecule has 1 aromatic carbocycles. The number of hydrogen-bond donors (Lipinski definition) is 2. The molecule has 0 spiro atoms. The minimum Gasteiger partial charge on any atom is -0.399 e. The molecule has 2 rings (SSSR count). The molecule has 0 radical (unpaired) electrons. The Kier molecular flexibility index (Phi) is 4.54. The molecule has 0 bridgehead atoms. The van der Waals surface area contributed by atoms with Crippen molar-refractivity contribution in [3.05, 3.63) is 29.3 Å². The number of amides is 1. The minimum atomic E-state index is -0.697. The van der Waals surface area contributed by atoms with Gasteiger partial charge in [-0.05, 0) is 44.5 Å². The topological polar surface area (TPSA) is 69.8 Å². The Labute approximate surface area is 126 Å². The number of carbonyl (C=O) groups is 1. The molecule has 1 aliphatic heterocycles. The van der Waals surface area contributed by atoms with Gasteiger partial charge < -0.3 is 15.7 Å². The lowest BCUT2D eigenvalue weighted by atomic mass is 10.1. The number of aryl methyl sites for hydroxylation is 1. The molecule has 0 atom stereocenters. The van der Waals surface area contributed by atoms with Crippen LogP contribution in [0.2, 0.25) is 0 Å². The smallest absolute Gasteiger partial charge is 0.254 e. The summed E-state index contributed by atoms with van der Waals surface area (Å²) in [4.78, 5) is 16.5. The van der Waals surface area contributed by atoms with Crippen LogP contribution in [0, 0.1) is 6.92 Å². The third kappa shape index (κ3) is 4.44. The predicted octanol–water partition coefficient (Wildman–Crippen LogP) is 1.11. The second kappa shape index (κ2) is 6.03. The van der Waals surface area contributed by atoms with Crippen LogP contribution in [0.25, 0.3) is 0 Å². The van der Waals surface area contributed by atoms with E-state index < -0.39 is 5.60 Å². The van der Waals surface area contributed by atoms with E-state index in [-0.39, 0.29) is 5.91 Å². The quantitative estimate of drug-likeness (QED) is 0.818. The molecule has 116 valence electrons. The molecule has 1 saturated heterocycles. The summed E-state index contributed by atoms with van der Waals surface area (Å²) in [6.07, 6.45) is 0. The summed E-state index contributed by atoms with van der Waals surface area (Å²) >= 11 is 0. The number of β-amino-alcohol motifs (C(OH)–C–C–N with tert-alkyl or cyclic N) is 1. The maximum absolute atomic E-state index is 12.5. The van der Waals surface area contributed by atoms with Crippen molar-refractivity contribution in [2.75, 3.05) is 38.5 Å². The van der Waals surface area contributed by atoms with Gasteiger partial charge in [0.25, 0.3) is 5.91 Å². The summed E-state index contributed by atoms with van der Waals surface area (Å²) in [5.74, 6) is 0.0355. The van der Waals surface area contributed by atoms with E-state index in [0.29, 0.717) is 30.9 Å². The van der Waals surface area contributed by atoms with Crippen LogP contribution in [0.3, 0.4) is 0 Å². The van der Waals surface area contributed by atoms with Gasteiger partial charge in [-0.3, -0.25) is 9.69 Å². The number of nitrogens with zero attached hydrogens (tertiary/aromatic N) is 2. The fraction of sp³-hybridized carbons (Fsp3) is 0.562. The Morgan fingerprint density at radius 1 is 1.24 bits per heavy atom. The SMILES string of the molecule is Cc1cc(N)cc(C(=O)N2CCN(CC(C)(C)O)CC2)c1. The highest BCUT2D eigenvalue weighted by Gasteiger charge is 2.25. The number of hydrogen-bond acceptors (Lipinski definition) is 4. The largest absolute Gasteiger partial charge is 0.399 e. The lowest BCUT2D eigenvalue weighted by Crippen LogP contribution is -2.52.